The van der Waals surface area contributed by atoms with Crippen molar-refractivity contribution in [1.29, 1.82) is 0 Å². The quantitative estimate of drug-likeness (QED) is 0.730. The molecule has 0 spiro atoms. The fraction of sp³-hybridized carbons (Fsp3) is 0.733. The monoisotopic (exact) mass is 252 g/mol. The number of carbonyl (C=O) groups is 2. The van der Waals surface area contributed by atoms with Gasteiger partial charge in [-0.3, -0.25) is 9.59 Å². The molecule has 3 heteroatoms. The molecule has 0 heterocycles. The minimum atomic E-state index is -1.13. The summed E-state index contributed by atoms with van der Waals surface area (Å²) < 4.78 is 0. The van der Waals surface area contributed by atoms with E-state index in [4.69, 9.17) is 0 Å². The second kappa shape index (κ2) is 5.79. The summed E-state index contributed by atoms with van der Waals surface area (Å²) in [5.74, 6) is -0.569. The maximum Gasteiger partial charge on any atom is 0.143 e. The molecule has 1 rings (SSSR count). The van der Waals surface area contributed by atoms with Crippen LogP contribution in [0.2, 0.25) is 0 Å². The highest BCUT2D eigenvalue weighted by atomic mass is 16.3. The van der Waals surface area contributed by atoms with Gasteiger partial charge < -0.3 is 5.11 Å². The molecule has 0 aromatic carbocycles. The molecule has 1 N–H and O–H groups in total. The Morgan fingerprint density at radius 2 is 1.89 bits per heavy atom. The van der Waals surface area contributed by atoms with Crippen LogP contribution in [0.1, 0.15) is 53.4 Å². The molecule has 0 fully saturated rings. The zero-order chi connectivity index (χ0) is 13.9. The summed E-state index contributed by atoms with van der Waals surface area (Å²) in [6, 6.07) is 0. The first-order valence-electron chi connectivity index (χ1n) is 6.65. The summed E-state index contributed by atoms with van der Waals surface area (Å²) in [7, 11) is 0. The van der Waals surface area contributed by atoms with E-state index in [1.54, 1.807) is 13.8 Å². The second-order valence-corrected chi connectivity index (χ2v) is 6.05. The minimum absolute atomic E-state index is 0.0290. The topological polar surface area (TPSA) is 54.4 Å². The average Bonchev–Trinajstić information content (AvgIpc) is 2.22. The minimum Gasteiger partial charge on any atom is -0.390 e. The third-order valence-electron chi connectivity index (χ3n) is 3.74. The second-order valence-electron chi connectivity index (χ2n) is 6.05. The standard InChI is InChI=1S/C15H24O3/c1-10-6-5-7-11(2)13(16)9-12(14(17)8-10)15(3,4)18/h6,11-12,18H,5,7-9H2,1-4H3/b10-6+/t11-,12+/m0/s1. The molecular weight excluding hydrogens is 228 g/mol. The Morgan fingerprint density at radius 1 is 1.28 bits per heavy atom. The van der Waals surface area contributed by atoms with Crippen molar-refractivity contribution in [2.75, 3.05) is 0 Å². The SMILES string of the molecule is C/C1=C\CC[C@H](C)C(=O)C[C@@H](C(C)(C)O)C(=O)C1. The van der Waals surface area contributed by atoms with Gasteiger partial charge in [0.05, 0.1) is 11.5 Å². The Bertz CT molecular complexity index is 360. The first kappa shape index (κ1) is 15.1. The van der Waals surface area contributed by atoms with Gasteiger partial charge in [-0.2, -0.15) is 0 Å². The lowest BCUT2D eigenvalue weighted by atomic mass is 9.78. The molecule has 0 aliphatic heterocycles. The molecule has 0 aromatic heterocycles. The fourth-order valence-corrected chi connectivity index (χ4v) is 2.37. The summed E-state index contributed by atoms with van der Waals surface area (Å²) >= 11 is 0. The number of hydrogen-bond donors (Lipinski definition) is 1. The maximum atomic E-state index is 12.2. The molecule has 0 amide bonds. The van der Waals surface area contributed by atoms with Gasteiger partial charge >= 0.3 is 0 Å². The van der Waals surface area contributed by atoms with E-state index in [2.05, 4.69) is 0 Å². The van der Waals surface area contributed by atoms with Crippen molar-refractivity contribution >= 4 is 11.6 Å². The van der Waals surface area contributed by atoms with E-state index in [1.807, 2.05) is 19.9 Å². The van der Waals surface area contributed by atoms with Crippen LogP contribution in [0.15, 0.2) is 11.6 Å². The van der Waals surface area contributed by atoms with E-state index < -0.39 is 11.5 Å². The van der Waals surface area contributed by atoms with Gasteiger partial charge in [0.1, 0.15) is 11.6 Å². The van der Waals surface area contributed by atoms with Crippen LogP contribution in [0.5, 0.6) is 0 Å². The third kappa shape index (κ3) is 4.05. The summed E-state index contributed by atoms with van der Waals surface area (Å²) in [6.45, 7) is 7.06. The van der Waals surface area contributed by atoms with E-state index >= 15 is 0 Å². The van der Waals surface area contributed by atoms with E-state index in [1.165, 1.54) is 0 Å². The summed E-state index contributed by atoms with van der Waals surface area (Å²) in [4.78, 5) is 24.2. The molecule has 18 heavy (non-hydrogen) atoms. The predicted octanol–water partition coefficient (Wildman–Crippen LogP) is 2.67. The Labute approximate surface area is 109 Å². The smallest absolute Gasteiger partial charge is 0.143 e. The molecule has 0 aromatic rings. The zero-order valence-corrected chi connectivity index (χ0v) is 11.8. The van der Waals surface area contributed by atoms with Crippen LogP contribution >= 0.6 is 0 Å². The van der Waals surface area contributed by atoms with Crippen LogP contribution in [0, 0.1) is 11.8 Å². The Hall–Kier alpha value is -0.960. The first-order valence-corrected chi connectivity index (χ1v) is 6.65. The molecular formula is C15H24O3. The first-order chi connectivity index (χ1) is 8.21. The summed E-state index contributed by atoms with van der Waals surface area (Å²) in [5, 5.41) is 10.1. The number of carbonyl (C=O) groups excluding carboxylic acids is 2. The van der Waals surface area contributed by atoms with Gasteiger partial charge in [0, 0.05) is 18.8 Å². The van der Waals surface area contributed by atoms with E-state index in [-0.39, 0.29) is 23.9 Å². The lowest BCUT2D eigenvalue weighted by molar-refractivity contribution is -0.136. The molecule has 1 aliphatic carbocycles. The molecule has 3 nitrogen and oxygen atoms in total. The van der Waals surface area contributed by atoms with E-state index in [0.717, 1.165) is 18.4 Å². The molecule has 0 bridgehead atoms. The van der Waals surface area contributed by atoms with Crippen molar-refractivity contribution in [3.8, 4) is 0 Å². The normalized spacial score (nSPS) is 30.8. The number of ketones is 2. The van der Waals surface area contributed by atoms with Crippen LogP contribution < -0.4 is 0 Å². The number of allylic oxidation sites excluding steroid dienone is 2. The predicted molar refractivity (Wildman–Crippen MR) is 71.2 cm³/mol. The number of hydrogen-bond acceptors (Lipinski definition) is 3. The molecule has 0 saturated carbocycles. The summed E-state index contributed by atoms with van der Waals surface area (Å²) in [6.07, 6.45) is 4.21. The van der Waals surface area contributed by atoms with Crippen molar-refractivity contribution in [1.82, 2.24) is 0 Å². The largest absolute Gasteiger partial charge is 0.390 e. The third-order valence-corrected chi connectivity index (χ3v) is 3.74. The lowest BCUT2D eigenvalue weighted by Gasteiger charge is -2.29. The number of rotatable bonds is 1. The molecule has 2 atom stereocenters. The van der Waals surface area contributed by atoms with Gasteiger partial charge in [-0.05, 0) is 33.6 Å². The van der Waals surface area contributed by atoms with E-state index in [0.29, 0.717) is 6.42 Å². The van der Waals surface area contributed by atoms with Crippen LogP contribution in [0.25, 0.3) is 0 Å². The number of Topliss-reactive ketones (excluding diaryl/α,β-unsaturated/α-hetero) is 2. The average molecular weight is 252 g/mol. The van der Waals surface area contributed by atoms with Gasteiger partial charge in [0.15, 0.2) is 0 Å². The fourth-order valence-electron chi connectivity index (χ4n) is 2.37. The van der Waals surface area contributed by atoms with Gasteiger partial charge in [-0.1, -0.05) is 18.6 Å². The molecule has 1 aliphatic rings. The van der Waals surface area contributed by atoms with Gasteiger partial charge in [0.2, 0.25) is 0 Å². The highest BCUT2D eigenvalue weighted by Crippen LogP contribution is 2.27. The molecule has 0 radical (unpaired) electrons. The van der Waals surface area contributed by atoms with Crippen molar-refractivity contribution < 1.29 is 14.7 Å². The van der Waals surface area contributed by atoms with Crippen LogP contribution in [0.3, 0.4) is 0 Å². The Balaban J connectivity index is 3.00. The van der Waals surface area contributed by atoms with Gasteiger partial charge in [-0.15, -0.1) is 0 Å². The lowest BCUT2D eigenvalue weighted by Crippen LogP contribution is -2.39. The van der Waals surface area contributed by atoms with Gasteiger partial charge in [-0.25, -0.2) is 0 Å². The van der Waals surface area contributed by atoms with Crippen LogP contribution in [0.4, 0.5) is 0 Å². The molecule has 0 saturated heterocycles. The van der Waals surface area contributed by atoms with Crippen molar-refractivity contribution in [2.45, 2.75) is 59.0 Å². The summed E-state index contributed by atoms with van der Waals surface area (Å²) in [5.41, 5.74) is -0.0952. The zero-order valence-electron chi connectivity index (χ0n) is 11.8. The van der Waals surface area contributed by atoms with Crippen LogP contribution in [-0.4, -0.2) is 22.3 Å². The molecule has 0 unspecified atom stereocenters. The van der Waals surface area contributed by atoms with Crippen LogP contribution in [-0.2, 0) is 9.59 Å². The number of aliphatic hydroxyl groups is 1. The van der Waals surface area contributed by atoms with Crippen molar-refractivity contribution in [2.24, 2.45) is 11.8 Å². The Kier molecular flexibility index (Phi) is 4.85. The highest BCUT2D eigenvalue weighted by molar-refractivity contribution is 5.90. The maximum absolute atomic E-state index is 12.2. The molecule has 102 valence electrons. The van der Waals surface area contributed by atoms with Crippen molar-refractivity contribution in [3.05, 3.63) is 11.6 Å². The Morgan fingerprint density at radius 3 is 2.44 bits per heavy atom. The van der Waals surface area contributed by atoms with Gasteiger partial charge in [0.25, 0.3) is 0 Å². The highest BCUT2D eigenvalue weighted by Gasteiger charge is 2.35. The van der Waals surface area contributed by atoms with Crippen molar-refractivity contribution in [3.63, 3.8) is 0 Å². The van der Waals surface area contributed by atoms with E-state index in [9.17, 15) is 14.7 Å².